The van der Waals surface area contributed by atoms with Gasteiger partial charge in [0.15, 0.2) is 0 Å². The van der Waals surface area contributed by atoms with Gasteiger partial charge in [-0.05, 0) is 43.0 Å². The number of aliphatic hydroxyl groups is 1. The molecule has 0 bridgehead atoms. The summed E-state index contributed by atoms with van der Waals surface area (Å²) in [7, 11) is 0. The van der Waals surface area contributed by atoms with Crippen LogP contribution in [0.3, 0.4) is 0 Å². The minimum absolute atomic E-state index is 0.00536. The van der Waals surface area contributed by atoms with Crippen molar-refractivity contribution in [2.45, 2.75) is 25.8 Å². The number of carbonyl (C=O) groups is 1. The summed E-state index contributed by atoms with van der Waals surface area (Å²) in [6.45, 7) is 1.23. The van der Waals surface area contributed by atoms with E-state index in [1.807, 2.05) is 28.8 Å². The highest BCUT2D eigenvalue weighted by atomic mass is 19.1. The van der Waals surface area contributed by atoms with E-state index in [9.17, 15) is 14.3 Å². The summed E-state index contributed by atoms with van der Waals surface area (Å²) in [6.07, 6.45) is 3.68. The van der Waals surface area contributed by atoms with Crippen LogP contribution < -0.4 is 0 Å². The van der Waals surface area contributed by atoms with Crippen LogP contribution in [0.25, 0.3) is 11.0 Å². The first-order chi connectivity index (χ1) is 13.6. The van der Waals surface area contributed by atoms with Crippen LogP contribution >= 0.6 is 0 Å². The molecule has 0 unspecified atom stereocenters. The monoisotopic (exact) mass is 381 g/mol. The smallest absolute Gasteiger partial charge is 0.242 e. The van der Waals surface area contributed by atoms with Gasteiger partial charge in [-0.3, -0.25) is 4.79 Å². The third-order valence-corrected chi connectivity index (χ3v) is 5.71. The van der Waals surface area contributed by atoms with Crippen molar-refractivity contribution in [2.75, 3.05) is 19.7 Å². The summed E-state index contributed by atoms with van der Waals surface area (Å²) in [5.41, 5.74) is 1.87. The molecule has 5 nitrogen and oxygen atoms in total. The van der Waals surface area contributed by atoms with Crippen LogP contribution in [-0.2, 0) is 17.8 Å². The first-order valence-corrected chi connectivity index (χ1v) is 9.62. The fraction of sp³-hybridized carbons (Fsp3) is 0.364. The van der Waals surface area contributed by atoms with Crippen LogP contribution in [0.5, 0.6) is 0 Å². The lowest BCUT2D eigenvalue weighted by molar-refractivity contribution is -0.136. The minimum atomic E-state index is -0.507. The van der Waals surface area contributed by atoms with Gasteiger partial charge in [-0.2, -0.15) is 0 Å². The Morgan fingerprint density at radius 3 is 2.79 bits per heavy atom. The second kappa shape index (κ2) is 7.72. The number of hydrogen-bond donors (Lipinski definition) is 1. The number of nitrogens with zero attached hydrogens (tertiary/aromatic N) is 3. The number of aliphatic hydroxyl groups excluding tert-OH is 1. The fourth-order valence-corrected chi connectivity index (χ4v) is 4.18. The number of carbonyl (C=O) groups excluding carboxylic acids is 1. The zero-order valence-corrected chi connectivity index (χ0v) is 15.7. The van der Waals surface area contributed by atoms with Crippen molar-refractivity contribution >= 4 is 16.9 Å². The third-order valence-electron chi connectivity index (χ3n) is 5.71. The molecule has 1 N–H and O–H groups in total. The van der Waals surface area contributed by atoms with E-state index in [0.29, 0.717) is 25.1 Å². The normalized spacial score (nSPS) is 19.9. The molecule has 0 spiro atoms. The molecule has 1 aliphatic heterocycles. The maximum atomic E-state index is 14.1. The lowest BCUT2D eigenvalue weighted by atomic mass is 9.75. The number of imidazole rings is 1. The van der Waals surface area contributed by atoms with Crippen molar-refractivity contribution in [1.82, 2.24) is 14.5 Å². The van der Waals surface area contributed by atoms with E-state index in [1.54, 1.807) is 29.4 Å². The van der Waals surface area contributed by atoms with Gasteiger partial charge < -0.3 is 14.6 Å². The Morgan fingerprint density at radius 2 is 1.96 bits per heavy atom. The van der Waals surface area contributed by atoms with Crippen LogP contribution in [0.4, 0.5) is 4.39 Å². The number of para-hydroxylation sites is 2. The summed E-state index contributed by atoms with van der Waals surface area (Å²) in [4.78, 5) is 19.1. The zero-order chi connectivity index (χ0) is 19.6. The molecule has 146 valence electrons. The Kier molecular flexibility index (Phi) is 5.13. The van der Waals surface area contributed by atoms with Crippen LogP contribution in [0, 0.1) is 11.2 Å². The zero-order valence-electron chi connectivity index (χ0n) is 15.7. The molecule has 1 fully saturated rings. The summed E-state index contributed by atoms with van der Waals surface area (Å²) in [5.74, 6) is -0.266. The molecular formula is C22H24FN3O2. The van der Waals surface area contributed by atoms with Crippen molar-refractivity contribution in [3.05, 3.63) is 66.2 Å². The Balaban J connectivity index is 1.50. The number of hydrogen-bond acceptors (Lipinski definition) is 3. The SMILES string of the molecule is O=C(Cn1cnc2ccccc21)N1CCC[C@](CO)(Cc2ccccc2F)C1. The number of likely N-dealkylation sites (tertiary alicyclic amines) is 1. The van der Waals surface area contributed by atoms with Gasteiger partial charge >= 0.3 is 0 Å². The van der Waals surface area contributed by atoms with Gasteiger partial charge in [-0.25, -0.2) is 9.37 Å². The molecule has 6 heteroatoms. The van der Waals surface area contributed by atoms with Gasteiger partial charge in [0.1, 0.15) is 12.4 Å². The number of fused-ring (bicyclic) bond motifs is 1. The highest BCUT2D eigenvalue weighted by Gasteiger charge is 2.37. The molecule has 1 amide bonds. The van der Waals surface area contributed by atoms with Gasteiger partial charge in [0.25, 0.3) is 0 Å². The molecule has 1 atom stereocenters. The lowest BCUT2D eigenvalue weighted by Crippen LogP contribution is -2.49. The van der Waals surface area contributed by atoms with Crippen LogP contribution in [0.2, 0.25) is 0 Å². The van der Waals surface area contributed by atoms with Gasteiger partial charge in [-0.15, -0.1) is 0 Å². The largest absolute Gasteiger partial charge is 0.396 e. The topological polar surface area (TPSA) is 58.4 Å². The van der Waals surface area contributed by atoms with E-state index in [4.69, 9.17) is 0 Å². The Morgan fingerprint density at radius 1 is 1.18 bits per heavy atom. The Hall–Kier alpha value is -2.73. The first-order valence-electron chi connectivity index (χ1n) is 9.62. The summed E-state index contributed by atoms with van der Waals surface area (Å²) >= 11 is 0. The average Bonchev–Trinajstić information content (AvgIpc) is 3.13. The highest BCUT2D eigenvalue weighted by Crippen LogP contribution is 2.34. The van der Waals surface area contributed by atoms with E-state index in [1.165, 1.54) is 6.07 Å². The van der Waals surface area contributed by atoms with Gasteiger partial charge in [-0.1, -0.05) is 30.3 Å². The third kappa shape index (κ3) is 3.64. The fourth-order valence-electron chi connectivity index (χ4n) is 4.18. The molecule has 1 aliphatic rings. The van der Waals surface area contributed by atoms with E-state index < -0.39 is 5.41 Å². The average molecular weight is 381 g/mol. The van der Waals surface area contributed by atoms with Crippen LogP contribution in [0.15, 0.2) is 54.9 Å². The van der Waals surface area contributed by atoms with Gasteiger partial charge in [0.05, 0.1) is 24.0 Å². The molecule has 28 heavy (non-hydrogen) atoms. The van der Waals surface area contributed by atoms with Crippen molar-refractivity contribution in [2.24, 2.45) is 5.41 Å². The second-order valence-electron chi connectivity index (χ2n) is 7.71. The van der Waals surface area contributed by atoms with E-state index in [0.717, 1.165) is 23.9 Å². The number of amides is 1. The molecule has 1 saturated heterocycles. The lowest BCUT2D eigenvalue weighted by Gasteiger charge is -2.42. The number of halogens is 1. The predicted molar refractivity (Wildman–Crippen MR) is 105 cm³/mol. The number of aromatic nitrogens is 2. The van der Waals surface area contributed by atoms with Gasteiger partial charge in [0.2, 0.25) is 5.91 Å². The summed E-state index contributed by atoms with van der Waals surface area (Å²) < 4.78 is 16.0. The summed E-state index contributed by atoms with van der Waals surface area (Å²) in [6, 6.07) is 14.4. The van der Waals surface area contributed by atoms with E-state index in [-0.39, 0.29) is 24.9 Å². The summed E-state index contributed by atoms with van der Waals surface area (Å²) in [5, 5.41) is 10.1. The van der Waals surface area contributed by atoms with Crippen molar-refractivity contribution in [3.63, 3.8) is 0 Å². The van der Waals surface area contributed by atoms with Crippen LogP contribution in [-0.4, -0.2) is 45.2 Å². The minimum Gasteiger partial charge on any atom is -0.396 e. The van der Waals surface area contributed by atoms with E-state index in [2.05, 4.69) is 4.98 Å². The molecule has 4 rings (SSSR count). The second-order valence-corrected chi connectivity index (χ2v) is 7.71. The molecule has 0 radical (unpaired) electrons. The van der Waals surface area contributed by atoms with Crippen molar-refractivity contribution < 1.29 is 14.3 Å². The van der Waals surface area contributed by atoms with Crippen LogP contribution in [0.1, 0.15) is 18.4 Å². The van der Waals surface area contributed by atoms with Crippen molar-refractivity contribution in [3.8, 4) is 0 Å². The Bertz CT molecular complexity index is 987. The molecular weight excluding hydrogens is 357 g/mol. The Labute approximate surface area is 163 Å². The van der Waals surface area contributed by atoms with Gasteiger partial charge in [0, 0.05) is 18.5 Å². The number of rotatable bonds is 5. The van der Waals surface area contributed by atoms with Crippen molar-refractivity contribution in [1.29, 1.82) is 0 Å². The molecule has 3 aromatic rings. The molecule has 1 aromatic heterocycles. The maximum absolute atomic E-state index is 14.1. The standard InChI is InChI=1S/C22H24FN3O2/c23-18-7-2-1-6-17(18)12-22(15-27)10-5-11-25(14-22)21(28)13-26-16-24-19-8-3-4-9-20(19)26/h1-4,6-9,16,27H,5,10-15H2/t22-/m0/s1. The molecule has 2 aromatic carbocycles. The number of piperidine rings is 1. The maximum Gasteiger partial charge on any atom is 0.242 e. The first kappa shape index (κ1) is 18.6. The van der Waals surface area contributed by atoms with E-state index >= 15 is 0 Å². The molecule has 2 heterocycles. The molecule has 0 saturated carbocycles. The highest BCUT2D eigenvalue weighted by molar-refractivity contribution is 5.80. The quantitative estimate of drug-likeness (QED) is 0.739. The molecule has 0 aliphatic carbocycles. The predicted octanol–water partition coefficient (Wildman–Crippen LogP) is 3.02. The number of benzene rings is 2.